The molecule has 0 aliphatic rings. The molecule has 3 aromatic rings. The highest BCUT2D eigenvalue weighted by Gasteiger charge is 2.12. The molecule has 0 bridgehead atoms. The maximum absolute atomic E-state index is 12.1. The number of aryl methyl sites for hydroxylation is 1. The first-order chi connectivity index (χ1) is 14.5. The summed E-state index contributed by atoms with van der Waals surface area (Å²) in [6.07, 6.45) is 1.61. The van der Waals surface area contributed by atoms with Crippen molar-refractivity contribution in [3.05, 3.63) is 47.7 Å². The van der Waals surface area contributed by atoms with E-state index >= 15 is 0 Å². The minimum atomic E-state index is -0.334. The molecule has 2 aromatic heterocycles. The van der Waals surface area contributed by atoms with E-state index in [0.717, 1.165) is 10.1 Å². The Morgan fingerprint density at radius 3 is 2.70 bits per heavy atom. The zero-order valence-electron chi connectivity index (χ0n) is 16.2. The summed E-state index contributed by atoms with van der Waals surface area (Å²) in [6, 6.07) is 11.7. The van der Waals surface area contributed by atoms with Gasteiger partial charge in [0.25, 0.3) is 0 Å². The van der Waals surface area contributed by atoms with E-state index in [1.165, 1.54) is 27.1 Å². The molecular weight excluding hydrogens is 422 g/mol. The fourth-order valence-corrected chi connectivity index (χ4v) is 4.28. The number of nitrogens with zero attached hydrogens (tertiary/aromatic N) is 5. The molecule has 9 nitrogen and oxygen atoms in total. The third-order valence-electron chi connectivity index (χ3n) is 3.99. The number of amides is 2. The predicted octanol–water partition coefficient (Wildman–Crippen LogP) is 3.22. The number of hydrogen-bond acceptors (Lipinski definition) is 8. The van der Waals surface area contributed by atoms with E-state index in [4.69, 9.17) is 5.26 Å². The molecule has 0 spiro atoms. The molecule has 0 saturated carbocycles. The first-order valence-corrected chi connectivity index (χ1v) is 10.8. The van der Waals surface area contributed by atoms with Gasteiger partial charge in [-0.25, -0.2) is 0 Å². The number of anilines is 2. The molecule has 0 fully saturated rings. The number of benzene rings is 1. The summed E-state index contributed by atoms with van der Waals surface area (Å²) < 4.78 is 2.17. The molecule has 0 saturated heterocycles. The Labute approximate surface area is 181 Å². The Balaban J connectivity index is 1.41. The van der Waals surface area contributed by atoms with Gasteiger partial charge in [0.15, 0.2) is 10.2 Å². The van der Waals surface area contributed by atoms with E-state index in [9.17, 15) is 9.59 Å². The van der Waals surface area contributed by atoms with Crippen LogP contribution >= 0.6 is 23.1 Å². The molecule has 0 radical (unpaired) electrons. The van der Waals surface area contributed by atoms with Gasteiger partial charge in [0.2, 0.25) is 16.9 Å². The number of carbonyl (C=O) groups is 2. The molecule has 30 heavy (non-hydrogen) atoms. The highest BCUT2D eigenvalue weighted by atomic mass is 32.2. The number of nitriles is 1. The molecule has 0 unspecified atom stereocenters. The van der Waals surface area contributed by atoms with Crippen LogP contribution in [0.25, 0.3) is 0 Å². The lowest BCUT2D eigenvalue weighted by molar-refractivity contribution is -0.121. The number of rotatable bonds is 9. The van der Waals surface area contributed by atoms with Crippen LogP contribution in [-0.2, 0) is 21.9 Å². The predicted molar refractivity (Wildman–Crippen MR) is 115 cm³/mol. The van der Waals surface area contributed by atoms with Gasteiger partial charge in [0.1, 0.15) is 6.54 Å². The van der Waals surface area contributed by atoms with Gasteiger partial charge in [-0.3, -0.25) is 14.3 Å². The minimum Gasteiger partial charge on any atom is -0.309 e. The smallest absolute Gasteiger partial charge is 0.226 e. The van der Waals surface area contributed by atoms with Gasteiger partial charge in [-0.05, 0) is 18.1 Å². The molecule has 2 N–H and O–H groups in total. The minimum absolute atomic E-state index is 0.00460. The van der Waals surface area contributed by atoms with Crippen molar-refractivity contribution < 1.29 is 9.59 Å². The normalized spacial score (nSPS) is 10.4. The first-order valence-electron chi connectivity index (χ1n) is 9.04. The molecule has 2 amide bonds. The average Bonchev–Trinajstić information content (AvgIpc) is 3.35. The molecule has 0 atom stereocenters. The van der Waals surface area contributed by atoms with Crippen LogP contribution in [0.3, 0.4) is 0 Å². The second-order valence-electron chi connectivity index (χ2n) is 6.24. The van der Waals surface area contributed by atoms with Gasteiger partial charge in [-0.1, -0.05) is 47.4 Å². The number of thioether (sulfide) groups is 1. The summed E-state index contributed by atoms with van der Waals surface area (Å²) in [6.45, 7) is 2.17. The van der Waals surface area contributed by atoms with Crippen LogP contribution in [0.4, 0.5) is 10.9 Å². The fraction of sp³-hybridized carbons (Fsp3) is 0.263. The van der Waals surface area contributed by atoms with Crippen molar-refractivity contribution >= 4 is 45.9 Å². The van der Waals surface area contributed by atoms with Crippen LogP contribution in [-0.4, -0.2) is 31.8 Å². The van der Waals surface area contributed by atoms with Crippen LogP contribution in [0.1, 0.15) is 24.0 Å². The summed E-state index contributed by atoms with van der Waals surface area (Å²) in [4.78, 5) is 24.0. The summed E-state index contributed by atoms with van der Waals surface area (Å²) >= 11 is 2.86. The largest absolute Gasteiger partial charge is 0.309 e. The maximum atomic E-state index is 12.1. The lowest BCUT2D eigenvalue weighted by Crippen LogP contribution is -2.17. The zero-order valence-corrected chi connectivity index (χ0v) is 17.8. The van der Waals surface area contributed by atoms with E-state index in [1.54, 1.807) is 24.0 Å². The average molecular weight is 442 g/mol. The van der Waals surface area contributed by atoms with Crippen molar-refractivity contribution in [1.82, 2.24) is 20.0 Å². The van der Waals surface area contributed by atoms with Crippen LogP contribution in [0, 0.1) is 18.3 Å². The van der Waals surface area contributed by atoms with E-state index in [0.29, 0.717) is 10.9 Å². The first kappa shape index (κ1) is 21.5. The zero-order chi connectivity index (χ0) is 21.3. The Morgan fingerprint density at radius 2 is 1.93 bits per heavy atom. The van der Waals surface area contributed by atoms with Crippen molar-refractivity contribution in [2.24, 2.45) is 0 Å². The van der Waals surface area contributed by atoms with Crippen LogP contribution in [0.2, 0.25) is 0 Å². The Hall–Kier alpha value is -3.23. The molecule has 3 rings (SSSR count). The Bertz CT molecular complexity index is 1070. The van der Waals surface area contributed by atoms with Crippen molar-refractivity contribution in [2.45, 2.75) is 36.4 Å². The Kier molecular flexibility index (Phi) is 7.53. The van der Waals surface area contributed by atoms with Crippen molar-refractivity contribution in [1.29, 1.82) is 5.26 Å². The monoisotopic (exact) mass is 441 g/mol. The quantitative estimate of drug-likeness (QED) is 0.386. The van der Waals surface area contributed by atoms with E-state index in [2.05, 4.69) is 45.0 Å². The number of carbonyl (C=O) groups excluding carboxylic acids is 2. The molecular formula is C19H19N7O2S2. The third kappa shape index (κ3) is 6.40. The molecule has 0 aliphatic carbocycles. The van der Waals surface area contributed by atoms with Crippen molar-refractivity contribution in [3.63, 3.8) is 0 Å². The molecule has 1 aromatic carbocycles. The molecule has 154 valence electrons. The third-order valence-corrected chi connectivity index (χ3v) is 6.01. The van der Waals surface area contributed by atoms with Crippen LogP contribution < -0.4 is 10.6 Å². The number of nitrogens with one attached hydrogen (secondary N) is 2. The SMILES string of the molecule is Cc1ccccc1CSc1nnc(NC(=O)CCC(=O)Nc2ccn(CC#N)n2)s1. The topological polar surface area (TPSA) is 126 Å². The second-order valence-corrected chi connectivity index (χ2v) is 8.44. The highest BCUT2D eigenvalue weighted by Crippen LogP contribution is 2.29. The van der Waals surface area contributed by atoms with Crippen LogP contribution in [0.15, 0.2) is 40.9 Å². The summed E-state index contributed by atoms with van der Waals surface area (Å²) in [5.41, 5.74) is 2.45. The van der Waals surface area contributed by atoms with Gasteiger partial charge < -0.3 is 10.6 Å². The lowest BCUT2D eigenvalue weighted by atomic mass is 10.1. The molecule has 11 heteroatoms. The second kappa shape index (κ2) is 10.5. The summed E-state index contributed by atoms with van der Waals surface area (Å²) in [5, 5.41) is 26.4. The van der Waals surface area contributed by atoms with Gasteiger partial charge in [0.05, 0.1) is 6.07 Å². The van der Waals surface area contributed by atoms with E-state index < -0.39 is 0 Å². The number of hydrogen-bond donors (Lipinski definition) is 2. The number of aromatic nitrogens is 4. The van der Waals surface area contributed by atoms with Gasteiger partial charge in [-0.15, -0.1) is 10.2 Å². The lowest BCUT2D eigenvalue weighted by Gasteiger charge is -2.03. The summed E-state index contributed by atoms with van der Waals surface area (Å²) in [7, 11) is 0. The Morgan fingerprint density at radius 1 is 1.17 bits per heavy atom. The van der Waals surface area contributed by atoms with Gasteiger partial charge in [0, 0.05) is 30.9 Å². The van der Waals surface area contributed by atoms with Gasteiger partial charge >= 0.3 is 0 Å². The standard InChI is InChI=1S/C19H19N7O2S2/c1-13-4-2-3-5-14(13)12-29-19-24-23-18(30-19)22-17(28)7-6-16(27)21-15-8-10-26(25-15)11-9-20/h2-5,8,10H,6-7,11-12H2,1H3,(H,21,25,27)(H,22,23,28). The van der Waals surface area contributed by atoms with E-state index in [1.807, 2.05) is 18.2 Å². The highest BCUT2D eigenvalue weighted by molar-refractivity contribution is 8.00. The van der Waals surface area contributed by atoms with Crippen molar-refractivity contribution in [3.8, 4) is 6.07 Å². The molecule has 2 heterocycles. The van der Waals surface area contributed by atoms with E-state index in [-0.39, 0.29) is 31.2 Å². The fourth-order valence-electron chi connectivity index (χ4n) is 2.43. The van der Waals surface area contributed by atoms with Crippen molar-refractivity contribution in [2.75, 3.05) is 10.6 Å². The van der Waals surface area contributed by atoms with Gasteiger partial charge in [-0.2, -0.15) is 10.4 Å². The maximum Gasteiger partial charge on any atom is 0.226 e. The summed E-state index contributed by atoms with van der Waals surface area (Å²) in [5.74, 6) is 0.473. The van der Waals surface area contributed by atoms with Crippen LogP contribution in [0.5, 0.6) is 0 Å². The molecule has 0 aliphatic heterocycles.